The lowest BCUT2D eigenvalue weighted by molar-refractivity contribution is 0.0923. The Bertz CT molecular complexity index is 648. The molecule has 1 fully saturated rings. The molecule has 1 aliphatic heterocycles. The van der Waals surface area contributed by atoms with E-state index < -0.39 is 5.82 Å². The fourth-order valence-electron chi connectivity index (χ4n) is 2.53. The van der Waals surface area contributed by atoms with Crippen LogP contribution >= 0.6 is 0 Å². The van der Waals surface area contributed by atoms with E-state index in [2.05, 4.69) is 20.3 Å². The van der Waals surface area contributed by atoms with Gasteiger partial charge in [0, 0.05) is 26.2 Å². The van der Waals surface area contributed by atoms with E-state index >= 15 is 0 Å². The fraction of sp³-hybridized carbons (Fsp3) is 0.429. The molecule has 2 aromatic heterocycles. The van der Waals surface area contributed by atoms with Crippen molar-refractivity contribution in [3.05, 3.63) is 36.4 Å². The molecule has 1 N–H and O–H groups in total. The second-order valence-corrected chi connectivity index (χ2v) is 5.33. The molecule has 116 valence electrons. The van der Waals surface area contributed by atoms with E-state index in [9.17, 15) is 9.18 Å². The molecule has 0 bridgehead atoms. The molecule has 0 radical (unpaired) electrons. The SMILES string of the molecule is Cn1cncc1C(=O)NC1CCN(c2ncc(F)cn2)CC1. The molecule has 2 aromatic rings. The summed E-state index contributed by atoms with van der Waals surface area (Å²) in [4.78, 5) is 26.0. The van der Waals surface area contributed by atoms with Crippen molar-refractivity contribution < 1.29 is 9.18 Å². The van der Waals surface area contributed by atoms with E-state index in [1.54, 1.807) is 24.1 Å². The number of aromatic nitrogens is 4. The van der Waals surface area contributed by atoms with E-state index in [0.29, 0.717) is 11.6 Å². The standard InChI is InChI=1S/C14H17FN6O/c1-20-9-16-8-12(20)13(22)19-11-2-4-21(5-3-11)14-17-6-10(15)7-18-14/h6-9,11H,2-5H2,1H3,(H,19,22). The van der Waals surface area contributed by atoms with Gasteiger partial charge in [0.15, 0.2) is 5.82 Å². The van der Waals surface area contributed by atoms with Gasteiger partial charge in [-0.3, -0.25) is 4.79 Å². The smallest absolute Gasteiger partial charge is 0.269 e. The summed E-state index contributed by atoms with van der Waals surface area (Å²) in [5.41, 5.74) is 0.546. The first kappa shape index (κ1) is 14.4. The Balaban J connectivity index is 1.55. The van der Waals surface area contributed by atoms with Crippen LogP contribution in [-0.4, -0.2) is 44.6 Å². The Morgan fingerprint density at radius 1 is 1.27 bits per heavy atom. The number of carbonyl (C=O) groups is 1. The maximum absolute atomic E-state index is 12.8. The number of hydrogen-bond donors (Lipinski definition) is 1. The molecule has 0 unspecified atom stereocenters. The quantitative estimate of drug-likeness (QED) is 0.905. The number of rotatable bonds is 3. The Labute approximate surface area is 127 Å². The van der Waals surface area contributed by atoms with Crippen LogP contribution in [0.3, 0.4) is 0 Å². The van der Waals surface area contributed by atoms with Gasteiger partial charge in [-0.15, -0.1) is 0 Å². The number of halogens is 1. The van der Waals surface area contributed by atoms with Crippen LogP contribution in [0.1, 0.15) is 23.3 Å². The first-order valence-electron chi connectivity index (χ1n) is 7.13. The lowest BCUT2D eigenvalue weighted by Gasteiger charge is -2.32. The molecule has 0 aliphatic carbocycles. The highest BCUT2D eigenvalue weighted by Gasteiger charge is 2.23. The number of nitrogens with one attached hydrogen (secondary N) is 1. The lowest BCUT2D eigenvalue weighted by atomic mass is 10.1. The monoisotopic (exact) mass is 304 g/mol. The van der Waals surface area contributed by atoms with Crippen LogP contribution in [0.25, 0.3) is 0 Å². The number of nitrogens with zero attached hydrogens (tertiary/aromatic N) is 5. The molecule has 1 aliphatic rings. The molecular weight excluding hydrogens is 287 g/mol. The van der Waals surface area contributed by atoms with Crippen LogP contribution in [0.2, 0.25) is 0 Å². The van der Waals surface area contributed by atoms with Crippen LogP contribution in [0, 0.1) is 5.82 Å². The summed E-state index contributed by atoms with van der Waals surface area (Å²) >= 11 is 0. The van der Waals surface area contributed by atoms with Gasteiger partial charge in [-0.25, -0.2) is 19.3 Å². The minimum Gasteiger partial charge on any atom is -0.348 e. The lowest BCUT2D eigenvalue weighted by Crippen LogP contribution is -2.45. The van der Waals surface area contributed by atoms with Crippen molar-refractivity contribution in [1.82, 2.24) is 24.8 Å². The second kappa shape index (κ2) is 6.08. The molecule has 1 amide bonds. The first-order chi connectivity index (χ1) is 10.6. The average Bonchev–Trinajstić information content (AvgIpc) is 2.95. The zero-order valence-electron chi connectivity index (χ0n) is 12.2. The molecule has 8 heteroatoms. The molecule has 1 saturated heterocycles. The number of anilines is 1. The zero-order chi connectivity index (χ0) is 15.5. The Morgan fingerprint density at radius 2 is 1.95 bits per heavy atom. The van der Waals surface area contributed by atoms with Crippen LogP contribution in [-0.2, 0) is 7.05 Å². The van der Waals surface area contributed by atoms with Crippen molar-refractivity contribution >= 4 is 11.9 Å². The number of hydrogen-bond acceptors (Lipinski definition) is 5. The zero-order valence-corrected chi connectivity index (χ0v) is 12.2. The Kier molecular flexibility index (Phi) is 3.99. The third-order valence-corrected chi connectivity index (χ3v) is 3.77. The van der Waals surface area contributed by atoms with Crippen molar-refractivity contribution in [2.45, 2.75) is 18.9 Å². The fourth-order valence-corrected chi connectivity index (χ4v) is 2.53. The molecule has 3 heterocycles. The Morgan fingerprint density at radius 3 is 2.55 bits per heavy atom. The van der Waals surface area contributed by atoms with Crippen LogP contribution in [0.15, 0.2) is 24.9 Å². The number of carbonyl (C=O) groups excluding carboxylic acids is 1. The molecule has 0 spiro atoms. The van der Waals surface area contributed by atoms with Crippen LogP contribution < -0.4 is 10.2 Å². The van der Waals surface area contributed by atoms with Crippen LogP contribution in [0.4, 0.5) is 10.3 Å². The maximum atomic E-state index is 12.8. The van der Waals surface area contributed by atoms with Crippen LogP contribution in [0.5, 0.6) is 0 Å². The van der Waals surface area contributed by atoms with E-state index in [4.69, 9.17) is 0 Å². The average molecular weight is 304 g/mol. The molecule has 0 saturated carbocycles. The number of piperidine rings is 1. The first-order valence-corrected chi connectivity index (χ1v) is 7.13. The predicted octanol–water partition coefficient (Wildman–Crippen LogP) is 0.748. The minimum absolute atomic E-state index is 0.110. The van der Waals surface area contributed by atoms with Crippen molar-refractivity contribution in [1.29, 1.82) is 0 Å². The van der Waals surface area contributed by atoms with Crippen molar-refractivity contribution in [3.63, 3.8) is 0 Å². The Hall–Kier alpha value is -2.51. The molecule has 22 heavy (non-hydrogen) atoms. The molecular formula is C14H17FN6O. The molecule has 3 rings (SSSR count). The van der Waals surface area contributed by atoms with Gasteiger partial charge in [-0.1, -0.05) is 0 Å². The van der Waals surface area contributed by atoms with Gasteiger partial charge in [-0.05, 0) is 12.8 Å². The van der Waals surface area contributed by atoms with Gasteiger partial charge in [-0.2, -0.15) is 0 Å². The molecule has 0 atom stereocenters. The van der Waals surface area contributed by atoms with Gasteiger partial charge < -0.3 is 14.8 Å². The van der Waals surface area contributed by atoms with E-state index in [0.717, 1.165) is 25.9 Å². The summed E-state index contributed by atoms with van der Waals surface area (Å²) in [5.74, 6) is -0.0311. The highest BCUT2D eigenvalue weighted by molar-refractivity contribution is 5.92. The van der Waals surface area contributed by atoms with E-state index in [-0.39, 0.29) is 11.9 Å². The summed E-state index contributed by atoms with van der Waals surface area (Å²) in [7, 11) is 1.79. The van der Waals surface area contributed by atoms with Gasteiger partial charge in [0.05, 0.1) is 24.9 Å². The predicted molar refractivity (Wildman–Crippen MR) is 77.9 cm³/mol. The second-order valence-electron chi connectivity index (χ2n) is 5.33. The third-order valence-electron chi connectivity index (χ3n) is 3.77. The van der Waals surface area contributed by atoms with Gasteiger partial charge >= 0.3 is 0 Å². The number of amides is 1. The van der Waals surface area contributed by atoms with Gasteiger partial charge in [0.25, 0.3) is 5.91 Å². The number of aryl methyl sites for hydroxylation is 1. The van der Waals surface area contributed by atoms with E-state index in [1.807, 2.05) is 4.90 Å². The minimum atomic E-state index is -0.443. The maximum Gasteiger partial charge on any atom is 0.269 e. The normalized spacial score (nSPS) is 15.8. The molecule has 7 nitrogen and oxygen atoms in total. The number of imidazole rings is 1. The molecule has 0 aromatic carbocycles. The summed E-state index contributed by atoms with van der Waals surface area (Å²) in [6.45, 7) is 1.45. The highest BCUT2D eigenvalue weighted by Crippen LogP contribution is 2.16. The summed E-state index contributed by atoms with van der Waals surface area (Å²) < 4.78 is 14.5. The summed E-state index contributed by atoms with van der Waals surface area (Å²) in [5, 5.41) is 3.02. The van der Waals surface area contributed by atoms with Crippen molar-refractivity contribution in [3.8, 4) is 0 Å². The van der Waals surface area contributed by atoms with E-state index in [1.165, 1.54) is 12.4 Å². The summed E-state index contributed by atoms with van der Waals surface area (Å²) in [6.07, 6.45) is 7.08. The van der Waals surface area contributed by atoms with Crippen molar-refractivity contribution in [2.75, 3.05) is 18.0 Å². The van der Waals surface area contributed by atoms with Gasteiger partial charge in [0.1, 0.15) is 5.69 Å². The highest BCUT2D eigenvalue weighted by atomic mass is 19.1. The summed E-state index contributed by atoms with van der Waals surface area (Å²) in [6, 6.07) is 0.110. The van der Waals surface area contributed by atoms with Gasteiger partial charge in [0.2, 0.25) is 5.95 Å². The third kappa shape index (κ3) is 3.05. The topological polar surface area (TPSA) is 75.9 Å². The largest absolute Gasteiger partial charge is 0.348 e. The van der Waals surface area contributed by atoms with Crippen molar-refractivity contribution in [2.24, 2.45) is 7.05 Å².